The third kappa shape index (κ3) is 15.7. The van der Waals surface area contributed by atoms with E-state index < -0.39 is 11.9 Å². The van der Waals surface area contributed by atoms with Crippen molar-refractivity contribution < 1.29 is 36.9 Å². The van der Waals surface area contributed by atoms with Crippen molar-refractivity contribution >= 4 is 11.9 Å². The summed E-state index contributed by atoms with van der Waals surface area (Å²) in [7, 11) is 0. The molecule has 2 unspecified atom stereocenters. The Balaban J connectivity index is -0.000000295. The first-order valence-electron chi connectivity index (χ1n) is 7.89. The second kappa shape index (κ2) is 17.5. The molecule has 0 heterocycles. The van der Waals surface area contributed by atoms with Crippen LogP contribution in [0.3, 0.4) is 0 Å². The molecule has 21 heavy (non-hydrogen) atoms. The van der Waals surface area contributed by atoms with Crippen LogP contribution in [0, 0.1) is 11.8 Å². The Kier molecular flexibility index (Phi) is 21.2. The number of hydrogen-bond donors (Lipinski definition) is 2. The van der Waals surface area contributed by atoms with E-state index in [4.69, 9.17) is 10.2 Å². The topological polar surface area (TPSA) is 74.6 Å². The van der Waals surface area contributed by atoms with Crippen LogP contribution in [0.15, 0.2) is 0 Å². The Hall–Kier alpha value is -0.541. The maximum atomic E-state index is 10.4. The summed E-state index contributed by atoms with van der Waals surface area (Å²) in [5, 5.41) is 17.2. The molecule has 0 fully saturated rings. The number of carboxylic acids is 2. The predicted molar refractivity (Wildman–Crippen MR) is 81.9 cm³/mol. The van der Waals surface area contributed by atoms with Gasteiger partial charge in [0.25, 0.3) is 0 Å². The Morgan fingerprint density at radius 2 is 1.05 bits per heavy atom. The molecule has 0 aromatic heterocycles. The predicted octanol–water partition coefficient (Wildman–Crippen LogP) is 4.57. The molecule has 0 aliphatic rings. The van der Waals surface area contributed by atoms with Crippen molar-refractivity contribution in [2.45, 2.75) is 79.1 Å². The normalized spacial score (nSPS) is 12.4. The molecule has 0 aliphatic heterocycles. The first-order valence-corrected chi connectivity index (χ1v) is 7.89. The summed E-state index contributed by atoms with van der Waals surface area (Å²) in [4.78, 5) is 20.9. The van der Waals surface area contributed by atoms with Crippen LogP contribution >= 0.6 is 0 Å². The van der Waals surface area contributed by atoms with Gasteiger partial charge in [0, 0.05) is 0 Å². The van der Waals surface area contributed by atoms with Gasteiger partial charge in [0.2, 0.25) is 0 Å². The molecule has 0 radical (unpaired) electrons. The van der Waals surface area contributed by atoms with Crippen molar-refractivity contribution in [3.05, 3.63) is 0 Å². The van der Waals surface area contributed by atoms with Crippen molar-refractivity contribution in [3.8, 4) is 0 Å². The van der Waals surface area contributed by atoms with Crippen LogP contribution in [-0.2, 0) is 26.7 Å². The maximum absolute atomic E-state index is 10.4. The quantitative estimate of drug-likeness (QED) is 0.570. The number of rotatable bonds is 10. The standard InChI is InChI=1S/2C8H16O2.Mn/c2*1-3-5-6-7(4-2)8(9)10;/h2*7H,3-6H2,1-2H3,(H,9,10);/q;;+3. The van der Waals surface area contributed by atoms with Crippen LogP contribution in [0.5, 0.6) is 0 Å². The Bertz CT molecular complexity index is 231. The fourth-order valence-corrected chi connectivity index (χ4v) is 1.91. The van der Waals surface area contributed by atoms with Crippen molar-refractivity contribution in [2.24, 2.45) is 11.8 Å². The van der Waals surface area contributed by atoms with Gasteiger partial charge in [-0.25, -0.2) is 0 Å². The average Bonchev–Trinajstić information content (AvgIpc) is 2.40. The van der Waals surface area contributed by atoms with Gasteiger partial charge in [-0.1, -0.05) is 53.4 Å². The molecule has 0 spiro atoms. The third-order valence-corrected chi connectivity index (χ3v) is 3.50. The van der Waals surface area contributed by atoms with Gasteiger partial charge >= 0.3 is 29.0 Å². The van der Waals surface area contributed by atoms with Crippen LogP contribution in [0.4, 0.5) is 0 Å². The van der Waals surface area contributed by atoms with E-state index in [1.165, 1.54) is 0 Å². The molecular weight excluding hydrogens is 311 g/mol. The van der Waals surface area contributed by atoms with E-state index in [0.29, 0.717) is 0 Å². The molecule has 4 nitrogen and oxygen atoms in total. The van der Waals surface area contributed by atoms with Crippen molar-refractivity contribution in [1.29, 1.82) is 0 Å². The van der Waals surface area contributed by atoms with Gasteiger partial charge < -0.3 is 10.2 Å². The molecule has 0 aromatic carbocycles. The maximum Gasteiger partial charge on any atom is 3.00 e. The van der Waals surface area contributed by atoms with Gasteiger partial charge in [0.15, 0.2) is 0 Å². The second-order valence-electron chi connectivity index (χ2n) is 5.17. The van der Waals surface area contributed by atoms with Crippen LogP contribution in [0.25, 0.3) is 0 Å². The van der Waals surface area contributed by atoms with E-state index in [-0.39, 0.29) is 28.9 Å². The molecule has 2 N–H and O–H groups in total. The van der Waals surface area contributed by atoms with Crippen molar-refractivity contribution in [3.63, 3.8) is 0 Å². The molecule has 0 aliphatic carbocycles. The number of carbonyl (C=O) groups is 2. The van der Waals surface area contributed by atoms with Crippen LogP contribution in [-0.4, -0.2) is 22.2 Å². The minimum atomic E-state index is -0.643. The van der Waals surface area contributed by atoms with Crippen molar-refractivity contribution in [2.75, 3.05) is 0 Å². The molecule has 2 atom stereocenters. The third-order valence-electron chi connectivity index (χ3n) is 3.50. The van der Waals surface area contributed by atoms with Gasteiger partial charge in [-0.3, -0.25) is 9.59 Å². The summed E-state index contributed by atoms with van der Waals surface area (Å²) >= 11 is 0. The zero-order chi connectivity index (χ0) is 16.0. The molecule has 0 bridgehead atoms. The largest absolute Gasteiger partial charge is 3.00 e. The van der Waals surface area contributed by atoms with Gasteiger partial charge in [-0.05, 0) is 25.7 Å². The minimum Gasteiger partial charge on any atom is -0.481 e. The molecular formula is C16H32MnO4+3. The summed E-state index contributed by atoms with van der Waals surface area (Å²) in [6.07, 6.45) is 7.43. The van der Waals surface area contributed by atoms with E-state index in [2.05, 4.69) is 13.8 Å². The van der Waals surface area contributed by atoms with Crippen molar-refractivity contribution in [1.82, 2.24) is 0 Å². The molecule has 0 saturated carbocycles. The molecule has 0 aromatic rings. The van der Waals surface area contributed by atoms with Gasteiger partial charge in [0.1, 0.15) is 0 Å². The van der Waals surface area contributed by atoms with Crippen LogP contribution in [0.1, 0.15) is 79.1 Å². The average molecular weight is 343 g/mol. The summed E-state index contributed by atoms with van der Waals surface area (Å²) < 4.78 is 0. The van der Waals surface area contributed by atoms with Gasteiger partial charge in [-0.15, -0.1) is 0 Å². The Morgan fingerprint density at radius 3 is 1.19 bits per heavy atom. The van der Waals surface area contributed by atoms with Crippen LogP contribution < -0.4 is 0 Å². The first-order chi connectivity index (χ1) is 9.44. The van der Waals surface area contributed by atoms with E-state index >= 15 is 0 Å². The zero-order valence-electron chi connectivity index (χ0n) is 13.9. The number of unbranched alkanes of at least 4 members (excludes halogenated alkanes) is 2. The summed E-state index contributed by atoms with van der Waals surface area (Å²) in [6.45, 7) is 8.01. The molecule has 124 valence electrons. The smallest absolute Gasteiger partial charge is 0.481 e. The van der Waals surface area contributed by atoms with Gasteiger partial charge in [-0.2, -0.15) is 0 Å². The summed E-state index contributed by atoms with van der Waals surface area (Å²) in [5.74, 6) is -1.51. The molecule has 0 saturated heterocycles. The zero-order valence-corrected chi connectivity index (χ0v) is 15.1. The van der Waals surface area contributed by atoms with E-state index in [1.807, 2.05) is 13.8 Å². The second-order valence-corrected chi connectivity index (χ2v) is 5.17. The summed E-state index contributed by atoms with van der Waals surface area (Å²) in [5.41, 5.74) is 0. The van der Waals surface area contributed by atoms with Crippen LogP contribution in [0.2, 0.25) is 0 Å². The molecule has 5 heteroatoms. The number of hydrogen-bond acceptors (Lipinski definition) is 2. The SMILES string of the molecule is CCCCC(CC)C(=O)O.CCCCC(CC)C(=O)O.[Mn+3]. The Labute approximate surface area is 140 Å². The van der Waals surface area contributed by atoms with E-state index in [0.717, 1.165) is 51.4 Å². The minimum absolute atomic E-state index is 0. The van der Waals surface area contributed by atoms with E-state index in [9.17, 15) is 9.59 Å². The monoisotopic (exact) mass is 343 g/mol. The first kappa shape index (κ1) is 25.4. The number of aliphatic carboxylic acids is 2. The fraction of sp³-hybridized carbons (Fsp3) is 0.875. The van der Waals surface area contributed by atoms with Gasteiger partial charge in [0.05, 0.1) is 11.8 Å². The fourth-order valence-electron chi connectivity index (χ4n) is 1.91. The molecule has 0 rings (SSSR count). The number of carboxylic acid groups (broad SMARTS) is 2. The molecule has 0 amide bonds. The summed E-state index contributed by atoms with van der Waals surface area (Å²) in [6, 6.07) is 0. The van der Waals surface area contributed by atoms with E-state index in [1.54, 1.807) is 0 Å². The Morgan fingerprint density at radius 1 is 0.762 bits per heavy atom.